The quantitative estimate of drug-likeness (QED) is 0.388. The Morgan fingerprint density at radius 2 is 1.21 bits per heavy atom. The third-order valence-corrected chi connectivity index (χ3v) is 8.94. The van der Waals surface area contributed by atoms with Crippen LogP contribution < -0.4 is 0 Å². The summed E-state index contributed by atoms with van der Waals surface area (Å²) in [6, 6.07) is 21.7. The van der Waals surface area contributed by atoms with E-state index in [0.29, 0.717) is 18.4 Å². The van der Waals surface area contributed by atoms with E-state index in [0.717, 1.165) is 6.54 Å². The van der Waals surface area contributed by atoms with Gasteiger partial charge in [-0.3, -0.25) is 19.6 Å². The van der Waals surface area contributed by atoms with E-state index in [1.54, 1.807) is 0 Å². The van der Waals surface area contributed by atoms with Gasteiger partial charge >= 0.3 is 0 Å². The molecule has 4 heterocycles. The van der Waals surface area contributed by atoms with Gasteiger partial charge in [-0.1, -0.05) is 88.7 Å². The Morgan fingerprint density at radius 3 is 1.85 bits per heavy atom. The third kappa shape index (κ3) is 7.49. The van der Waals surface area contributed by atoms with Gasteiger partial charge in [-0.15, -0.1) is 0 Å². The van der Waals surface area contributed by atoms with Crippen molar-refractivity contribution in [1.29, 1.82) is 0 Å². The number of hydrogen-bond acceptors (Lipinski definition) is 4. The van der Waals surface area contributed by atoms with Crippen LogP contribution in [-0.2, 0) is 0 Å². The minimum absolute atomic E-state index is 0. The maximum absolute atomic E-state index is 4.35. The van der Waals surface area contributed by atoms with Gasteiger partial charge in [0.1, 0.15) is 0 Å². The van der Waals surface area contributed by atoms with Gasteiger partial charge in [-0.05, 0) is 80.8 Å². The molecule has 39 heavy (non-hydrogen) atoms. The maximum Gasteiger partial charge on any atom is 0.0628 e. The molecule has 4 saturated heterocycles. The molecule has 214 valence electrons. The Morgan fingerprint density at radius 1 is 0.692 bits per heavy atom. The number of fused-ring (bicyclic) bond motifs is 2. The van der Waals surface area contributed by atoms with Crippen molar-refractivity contribution in [3.8, 4) is 0 Å². The van der Waals surface area contributed by atoms with E-state index in [1.165, 1.54) is 100 Å². The molecule has 4 fully saturated rings. The van der Waals surface area contributed by atoms with Crippen LogP contribution in [0.1, 0.15) is 71.4 Å². The first kappa shape index (κ1) is 31.3. The monoisotopic (exact) mass is 530 g/mol. The van der Waals surface area contributed by atoms with Crippen molar-refractivity contribution in [2.75, 3.05) is 45.8 Å². The van der Waals surface area contributed by atoms with Gasteiger partial charge in [0.25, 0.3) is 0 Å². The van der Waals surface area contributed by atoms with E-state index >= 15 is 0 Å². The molecular weight excluding hydrogens is 476 g/mol. The first-order valence-electron chi connectivity index (χ1n) is 14.6. The normalized spacial score (nSPS) is 24.2. The van der Waals surface area contributed by atoms with E-state index in [4.69, 9.17) is 0 Å². The molecule has 2 aromatic carbocycles. The predicted octanol–water partition coefficient (Wildman–Crippen LogP) is 7.32. The summed E-state index contributed by atoms with van der Waals surface area (Å²) in [5, 5.41) is 0. The lowest BCUT2D eigenvalue weighted by atomic mass is 9.98. The summed E-state index contributed by atoms with van der Waals surface area (Å²) < 4.78 is 0. The molecule has 4 aliphatic rings. The van der Waals surface area contributed by atoms with E-state index in [-0.39, 0.29) is 14.9 Å². The van der Waals surface area contributed by atoms with E-state index in [9.17, 15) is 0 Å². The third-order valence-electron chi connectivity index (χ3n) is 8.94. The Kier molecular flexibility index (Phi) is 12.0. The van der Waals surface area contributed by atoms with Crippen LogP contribution in [0.5, 0.6) is 0 Å². The second kappa shape index (κ2) is 14.9. The average Bonchev–Trinajstić information content (AvgIpc) is 3.64. The fourth-order valence-corrected chi connectivity index (χ4v) is 6.90. The van der Waals surface area contributed by atoms with Gasteiger partial charge in [-0.25, -0.2) is 0 Å². The van der Waals surface area contributed by atoms with Crippen LogP contribution in [0.4, 0.5) is 0 Å². The Bertz CT molecular complexity index is 1020. The first-order chi connectivity index (χ1) is 18.1. The Labute approximate surface area is 240 Å². The van der Waals surface area contributed by atoms with Gasteiger partial charge < -0.3 is 0 Å². The summed E-state index contributed by atoms with van der Waals surface area (Å²) in [5.74, 6) is 0. The molecule has 4 aliphatic heterocycles. The Hall–Kier alpha value is -2.24. The number of nitrogens with zero attached hydrogens (tertiary/aromatic N) is 4. The van der Waals surface area contributed by atoms with Crippen molar-refractivity contribution in [3.63, 3.8) is 0 Å². The highest BCUT2D eigenvalue weighted by Gasteiger charge is 2.36. The largest absolute Gasteiger partial charge is 0.288 e. The van der Waals surface area contributed by atoms with Crippen molar-refractivity contribution in [2.45, 2.75) is 78.7 Å². The highest BCUT2D eigenvalue weighted by Crippen LogP contribution is 2.31. The summed E-state index contributed by atoms with van der Waals surface area (Å²) in [6.45, 7) is 19.6. The molecule has 4 nitrogen and oxygen atoms in total. The maximum atomic E-state index is 4.35. The molecule has 0 amide bonds. The molecule has 0 aromatic heterocycles. The molecule has 6 rings (SSSR count). The summed E-state index contributed by atoms with van der Waals surface area (Å²) in [5.41, 5.74) is 5.08. The molecular formula is C35H54N4. The summed E-state index contributed by atoms with van der Waals surface area (Å²) in [7, 11) is 0. The lowest BCUT2D eigenvalue weighted by molar-refractivity contribution is 0.0226. The van der Waals surface area contributed by atoms with Crippen molar-refractivity contribution < 1.29 is 0 Å². The van der Waals surface area contributed by atoms with Crippen LogP contribution in [-0.4, -0.2) is 83.8 Å². The molecule has 0 spiro atoms. The van der Waals surface area contributed by atoms with Crippen LogP contribution >= 0.6 is 0 Å². The van der Waals surface area contributed by atoms with Crippen LogP contribution in [0.15, 0.2) is 73.8 Å². The second-order valence-electron chi connectivity index (χ2n) is 11.3. The molecule has 3 atom stereocenters. The zero-order valence-electron chi connectivity index (χ0n) is 22.9. The minimum Gasteiger partial charge on any atom is -0.288 e. The van der Waals surface area contributed by atoms with Crippen molar-refractivity contribution in [3.05, 3.63) is 84.9 Å². The minimum atomic E-state index is 0. The number of hydrogen-bond donors (Lipinski definition) is 0. The van der Waals surface area contributed by atoms with Crippen LogP contribution in [0.3, 0.4) is 0 Å². The predicted molar refractivity (Wildman–Crippen MR) is 171 cm³/mol. The zero-order chi connectivity index (χ0) is 25.6. The highest BCUT2D eigenvalue weighted by molar-refractivity contribution is 5.67. The fraction of sp³-hybridized carbons (Fsp3) is 0.543. The van der Waals surface area contributed by atoms with Crippen molar-refractivity contribution in [1.82, 2.24) is 19.6 Å². The Balaban J connectivity index is 0.000000205. The topological polar surface area (TPSA) is 13.0 Å². The smallest absolute Gasteiger partial charge is 0.0628 e. The standard InChI is InChI=1S/C17H24N2.C16H22N2.2CH4/c1-14(16-8-4-3-5-9-16)15(2)19-13-7-12-18-11-6-10-17(18)19;1-14(15-7-3-2-4-8-15)13-18-12-6-11-17-10-5-9-16(17)18;;/h3-5,8-9,15,17H,1,6-7,10-13H2,2H3;2-4,7-8,16H,1,5-6,9-13H2;2*1H4. The van der Waals surface area contributed by atoms with E-state index in [2.05, 4.69) is 100 Å². The van der Waals surface area contributed by atoms with Gasteiger partial charge in [0.05, 0.1) is 12.3 Å². The van der Waals surface area contributed by atoms with Gasteiger partial charge in [0, 0.05) is 38.8 Å². The fourth-order valence-electron chi connectivity index (χ4n) is 6.90. The lowest BCUT2D eigenvalue weighted by Crippen LogP contribution is -2.53. The molecule has 0 bridgehead atoms. The summed E-state index contributed by atoms with van der Waals surface area (Å²) in [6.07, 6.45) is 9.31. The molecule has 3 unspecified atom stereocenters. The van der Waals surface area contributed by atoms with Crippen molar-refractivity contribution >= 4 is 11.1 Å². The second-order valence-corrected chi connectivity index (χ2v) is 11.3. The van der Waals surface area contributed by atoms with E-state index < -0.39 is 0 Å². The molecule has 0 aliphatic carbocycles. The molecule has 2 aromatic rings. The van der Waals surface area contributed by atoms with Crippen molar-refractivity contribution in [2.24, 2.45) is 0 Å². The van der Waals surface area contributed by atoms with Crippen LogP contribution in [0.2, 0.25) is 0 Å². The van der Waals surface area contributed by atoms with Gasteiger partial charge in [0.15, 0.2) is 0 Å². The summed E-state index contributed by atoms with van der Waals surface area (Å²) >= 11 is 0. The first-order valence-corrected chi connectivity index (χ1v) is 14.6. The number of rotatable bonds is 6. The van der Waals surface area contributed by atoms with E-state index in [1.807, 2.05) is 0 Å². The zero-order valence-corrected chi connectivity index (χ0v) is 22.9. The molecule has 4 heteroatoms. The SMILES string of the molecule is C.C.C=C(CN1CCCN2CCCC21)c1ccccc1.C=C(c1ccccc1)C(C)N1CCCN2CCCC21. The van der Waals surface area contributed by atoms with Crippen LogP contribution in [0.25, 0.3) is 11.1 Å². The van der Waals surface area contributed by atoms with Gasteiger partial charge in [0.2, 0.25) is 0 Å². The number of benzene rings is 2. The molecule has 0 radical (unpaired) electrons. The van der Waals surface area contributed by atoms with Gasteiger partial charge in [-0.2, -0.15) is 0 Å². The summed E-state index contributed by atoms with van der Waals surface area (Å²) in [4.78, 5) is 10.6. The lowest BCUT2D eigenvalue weighted by Gasteiger charge is -2.44. The molecule has 0 saturated carbocycles. The van der Waals surface area contributed by atoms with Crippen LogP contribution in [0, 0.1) is 0 Å². The average molecular weight is 531 g/mol. The molecule has 0 N–H and O–H groups in total. The highest BCUT2D eigenvalue weighted by atomic mass is 15.4.